The Balaban J connectivity index is 2.09. The van der Waals surface area contributed by atoms with Crippen LogP contribution in [0.5, 0.6) is 11.5 Å². The highest BCUT2D eigenvalue weighted by Gasteiger charge is 2.48. The summed E-state index contributed by atoms with van der Waals surface area (Å²) in [5.74, 6) is -0.878. The van der Waals surface area contributed by atoms with Gasteiger partial charge in [-0.1, -0.05) is 12.7 Å². The molecule has 1 unspecified atom stereocenters. The van der Waals surface area contributed by atoms with Crippen LogP contribution in [0.2, 0.25) is 0 Å². The molecule has 1 N–H and O–H groups in total. The van der Waals surface area contributed by atoms with Gasteiger partial charge in [-0.25, -0.2) is 8.78 Å². The van der Waals surface area contributed by atoms with Crippen LogP contribution in [0.15, 0.2) is 47.9 Å². The van der Waals surface area contributed by atoms with Gasteiger partial charge in [-0.05, 0) is 36.0 Å². The highest BCUT2D eigenvalue weighted by molar-refractivity contribution is 8.00. The van der Waals surface area contributed by atoms with Crippen molar-refractivity contribution < 1.29 is 31.8 Å². The summed E-state index contributed by atoms with van der Waals surface area (Å²) in [5, 5.41) is 19.2. The Labute approximate surface area is 161 Å². The van der Waals surface area contributed by atoms with Gasteiger partial charge in [0.1, 0.15) is 23.4 Å². The topological polar surface area (TPSA) is 53.2 Å². The van der Waals surface area contributed by atoms with Crippen molar-refractivity contribution in [3.05, 3.63) is 65.5 Å². The fourth-order valence-electron chi connectivity index (χ4n) is 3.02. The third kappa shape index (κ3) is 3.84. The third-order valence-corrected chi connectivity index (χ3v) is 5.05. The fraction of sp³-hybridized carbons (Fsp3) is 0.211. The molecule has 3 nitrogen and oxygen atoms in total. The van der Waals surface area contributed by atoms with E-state index in [-0.39, 0.29) is 33.1 Å². The molecule has 28 heavy (non-hydrogen) atoms. The zero-order chi connectivity index (χ0) is 20.7. The molecule has 3 rings (SSSR count). The first kappa shape index (κ1) is 20.2. The van der Waals surface area contributed by atoms with Crippen LogP contribution < -0.4 is 4.74 Å². The summed E-state index contributed by atoms with van der Waals surface area (Å²) >= 11 is -0.475. The van der Waals surface area contributed by atoms with Gasteiger partial charge in [0.25, 0.3) is 0 Å². The molecule has 0 amide bonds. The van der Waals surface area contributed by atoms with Crippen molar-refractivity contribution in [1.29, 1.82) is 5.26 Å². The van der Waals surface area contributed by atoms with Crippen LogP contribution in [0, 0.1) is 17.1 Å². The molecular weight excluding hydrogens is 401 g/mol. The standard InChI is InChI=1S/C19H12F5NO2S/c1-2-18(21)8-13-14(27-12-6-10(9-25)5-11(20)7-12)3-4-15(16(13)17(18)26)28-19(22,23)24/h2-7,17,26H,1,8H2/t17-,18?/m0/s1. The number of nitrogens with zero attached hydrogens (tertiary/aromatic N) is 1. The summed E-state index contributed by atoms with van der Waals surface area (Å²) < 4.78 is 72.6. The number of aliphatic hydroxyl groups excluding tert-OH is 1. The lowest BCUT2D eigenvalue weighted by molar-refractivity contribution is -0.0329. The second-order valence-electron chi connectivity index (χ2n) is 6.10. The van der Waals surface area contributed by atoms with Crippen molar-refractivity contribution in [2.45, 2.75) is 28.6 Å². The molecule has 2 aromatic carbocycles. The first-order valence-corrected chi connectivity index (χ1v) is 8.68. The monoisotopic (exact) mass is 413 g/mol. The number of fused-ring (bicyclic) bond motifs is 1. The summed E-state index contributed by atoms with van der Waals surface area (Å²) in [4.78, 5) is -0.360. The van der Waals surface area contributed by atoms with E-state index < -0.39 is 41.3 Å². The Bertz CT molecular complexity index is 986. The molecule has 0 fully saturated rings. The molecule has 0 aromatic heterocycles. The molecule has 2 aromatic rings. The first-order valence-electron chi connectivity index (χ1n) is 7.87. The van der Waals surface area contributed by atoms with Gasteiger partial charge in [0.2, 0.25) is 0 Å². The van der Waals surface area contributed by atoms with E-state index in [1.165, 1.54) is 12.1 Å². The highest BCUT2D eigenvalue weighted by atomic mass is 32.2. The van der Waals surface area contributed by atoms with E-state index in [2.05, 4.69) is 6.58 Å². The zero-order valence-electron chi connectivity index (χ0n) is 14.1. The van der Waals surface area contributed by atoms with Gasteiger partial charge >= 0.3 is 5.51 Å². The van der Waals surface area contributed by atoms with Crippen molar-refractivity contribution in [2.75, 3.05) is 0 Å². The number of nitriles is 1. The second-order valence-corrected chi connectivity index (χ2v) is 7.21. The van der Waals surface area contributed by atoms with Gasteiger partial charge in [-0.15, -0.1) is 0 Å². The molecule has 0 spiro atoms. The van der Waals surface area contributed by atoms with E-state index in [9.17, 15) is 27.1 Å². The Morgan fingerprint density at radius 2 is 2.04 bits per heavy atom. The number of rotatable bonds is 4. The Morgan fingerprint density at radius 1 is 1.32 bits per heavy atom. The van der Waals surface area contributed by atoms with Crippen LogP contribution in [0.4, 0.5) is 22.0 Å². The lowest BCUT2D eigenvalue weighted by atomic mass is 10.0. The van der Waals surface area contributed by atoms with Crippen molar-refractivity contribution in [1.82, 2.24) is 0 Å². The number of aliphatic hydroxyl groups is 1. The number of halogens is 5. The maximum atomic E-state index is 14.9. The maximum absolute atomic E-state index is 14.9. The number of thioether (sulfide) groups is 1. The molecule has 0 bridgehead atoms. The summed E-state index contributed by atoms with van der Waals surface area (Å²) in [6.45, 7) is 3.31. The van der Waals surface area contributed by atoms with Gasteiger partial charge in [-0.2, -0.15) is 18.4 Å². The first-order chi connectivity index (χ1) is 13.1. The summed E-state index contributed by atoms with van der Waals surface area (Å²) in [5.41, 5.74) is -7.27. The van der Waals surface area contributed by atoms with E-state index in [0.29, 0.717) is 0 Å². The Morgan fingerprint density at radius 3 is 2.64 bits per heavy atom. The number of benzene rings is 2. The minimum atomic E-state index is -4.64. The SMILES string of the molecule is C=CC1(F)Cc2c(Oc3cc(F)cc(C#N)c3)ccc(SC(F)(F)F)c2[C@@H]1O. The Kier molecular flexibility index (Phi) is 5.12. The molecule has 146 valence electrons. The van der Waals surface area contributed by atoms with Crippen LogP contribution >= 0.6 is 11.8 Å². The van der Waals surface area contributed by atoms with Crippen molar-refractivity contribution >= 4 is 11.8 Å². The number of alkyl halides is 4. The number of ether oxygens (including phenoxy) is 1. The summed E-state index contributed by atoms with van der Waals surface area (Å²) in [6, 6.07) is 7.18. The minimum absolute atomic E-state index is 0.0203. The molecule has 0 saturated heterocycles. The summed E-state index contributed by atoms with van der Waals surface area (Å²) in [7, 11) is 0. The smallest absolute Gasteiger partial charge is 0.446 e. The molecule has 9 heteroatoms. The molecule has 2 atom stereocenters. The average Bonchev–Trinajstić information content (AvgIpc) is 2.88. The molecule has 0 aliphatic heterocycles. The van der Waals surface area contributed by atoms with Gasteiger partial charge in [0, 0.05) is 28.5 Å². The maximum Gasteiger partial charge on any atom is 0.446 e. The van der Waals surface area contributed by atoms with Crippen molar-refractivity contribution in [3.8, 4) is 17.6 Å². The van der Waals surface area contributed by atoms with Gasteiger partial charge in [0.15, 0.2) is 5.67 Å². The van der Waals surface area contributed by atoms with Gasteiger partial charge in [0.05, 0.1) is 11.6 Å². The second kappa shape index (κ2) is 7.11. The predicted octanol–water partition coefficient (Wildman–Crippen LogP) is 5.59. The molecule has 1 aliphatic rings. The molecular formula is C19H12F5NO2S. The zero-order valence-corrected chi connectivity index (χ0v) is 14.9. The summed E-state index contributed by atoms with van der Waals surface area (Å²) in [6.07, 6.45) is -1.50. The van der Waals surface area contributed by atoms with Gasteiger partial charge < -0.3 is 9.84 Å². The van der Waals surface area contributed by atoms with Crippen molar-refractivity contribution in [2.24, 2.45) is 0 Å². The quantitative estimate of drug-likeness (QED) is 0.404. The van der Waals surface area contributed by atoms with Crippen LogP contribution in [0.3, 0.4) is 0 Å². The number of hydrogen-bond acceptors (Lipinski definition) is 4. The third-order valence-electron chi connectivity index (χ3n) is 4.24. The van der Waals surface area contributed by atoms with E-state index in [0.717, 1.165) is 24.3 Å². The lowest BCUT2D eigenvalue weighted by Crippen LogP contribution is -2.25. The van der Waals surface area contributed by atoms with Crippen LogP contribution in [0.25, 0.3) is 0 Å². The number of hydrogen-bond donors (Lipinski definition) is 1. The van der Waals surface area contributed by atoms with Gasteiger partial charge in [-0.3, -0.25) is 0 Å². The predicted molar refractivity (Wildman–Crippen MR) is 92.2 cm³/mol. The minimum Gasteiger partial charge on any atom is -0.457 e. The van der Waals surface area contributed by atoms with Crippen molar-refractivity contribution in [3.63, 3.8) is 0 Å². The Hall–Kier alpha value is -2.57. The average molecular weight is 413 g/mol. The molecule has 0 saturated carbocycles. The van der Waals surface area contributed by atoms with E-state index in [4.69, 9.17) is 10.00 Å². The molecule has 0 heterocycles. The van der Waals surface area contributed by atoms with E-state index in [1.807, 2.05) is 0 Å². The normalized spacial score (nSPS) is 21.1. The van der Waals surface area contributed by atoms with Crippen LogP contribution in [0.1, 0.15) is 22.8 Å². The molecule has 0 radical (unpaired) electrons. The van der Waals surface area contributed by atoms with E-state index >= 15 is 0 Å². The largest absolute Gasteiger partial charge is 0.457 e. The molecule has 1 aliphatic carbocycles. The lowest BCUT2D eigenvalue weighted by Gasteiger charge is -2.20. The van der Waals surface area contributed by atoms with E-state index in [1.54, 1.807) is 6.07 Å². The fourth-order valence-corrected chi connectivity index (χ4v) is 3.75. The highest BCUT2D eigenvalue weighted by Crippen LogP contribution is 2.52. The van der Waals surface area contributed by atoms with Crippen LogP contribution in [-0.4, -0.2) is 16.3 Å². The van der Waals surface area contributed by atoms with Crippen LogP contribution in [-0.2, 0) is 6.42 Å².